The Balaban J connectivity index is 2.14. The monoisotopic (exact) mass is 238 g/mol. The predicted octanol–water partition coefficient (Wildman–Crippen LogP) is 3.28. The molecule has 3 aromatic rings. The molecule has 0 amide bonds. The van der Waals surface area contributed by atoms with E-state index in [1.54, 1.807) is 7.11 Å². The number of ether oxygens (including phenoxy) is 1. The van der Waals surface area contributed by atoms with Crippen molar-refractivity contribution >= 4 is 0 Å². The highest BCUT2D eigenvalue weighted by atomic mass is 16.5. The van der Waals surface area contributed by atoms with Crippen LogP contribution >= 0.6 is 0 Å². The zero-order valence-corrected chi connectivity index (χ0v) is 10.2. The van der Waals surface area contributed by atoms with E-state index in [1.165, 1.54) is 0 Å². The smallest absolute Gasteiger partial charge is 0.142 e. The fraction of sp³-hybridized carbons (Fsp3) is 0.0667. The Morgan fingerprint density at radius 1 is 0.833 bits per heavy atom. The molecule has 3 heteroatoms. The summed E-state index contributed by atoms with van der Waals surface area (Å²) >= 11 is 0. The minimum Gasteiger partial charge on any atom is -0.495 e. The highest BCUT2D eigenvalue weighted by Crippen LogP contribution is 2.25. The summed E-state index contributed by atoms with van der Waals surface area (Å²) in [5, 5.41) is 0. The van der Waals surface area contributed by atoms with E-state index in [1.807, 2.05) is 65.8 Å². The van der Waals surface area contributed by atoms with Gasteiger partial charge in [-0.25, -0.2) is 0 Å². The maximum Gasteiger partial charge on any atom is 0.142 e. The van der Waals surface area contributed by atoms with E-state index < -0.39 is 0 Å². The van der Waals surface area contributed by atoms with Gasteiger partial charge in [0.2, 0.25) is 0 Å². The van der Waals surface area contributed by atoms with Gasteiger partial charge < -0.3 is 13.9 Å². The number of rotatable bonds is 3. The molecular formula is C15H14N2O. The molecule has 0 unspecified atom stereocenters. The van der Waals surface area contributed by atoms with Crippen LogP contribution in [0.4, 0.5) is 0 Å². The molecule has 3 nitrogen and oxygen atoms in total. The normalized spacial score (nSPS) is 10.5. The van der Waals surface area contributed by atoms with Gasteiger partial charge in [-0.05, 0) is 42.5 Å². The minimum atomic E-state index is 0.863. The number of aromatic nitrogens is 2. The minimum absolute atomic E-state index is 0.863. The van der Waals surface area contributed by atoms with Crippen LogP contribution in [0, 0.1) is 0 Å². The van der Waals surface area contributed by atoms with Gasteiger partial charge in [0.15, 0.2) is 0 Å². The van der Waals surface area contributed by atoms with Crippen molar-refractivity contribution in [2.45, 2.75) is 0 Å². The third-order valence-electron chi connectivity index (χ3n) is 2.95. The van der Waals surface area contributed by atoms with Crippen LogP contribution in [0.2, 0.25) is 0 Å². The van der Waals surface area contributed by atoms with Gasteiger partial charge >= 0.3 is 0 Å². The van der Waals surface area contributed by atoms with Crippen LogP contribution in [0.5, 0.6) is 5.75 Å². The molecular weight excluding hydrogens is 224 g/mol. The second kappa shape index (κ2) is 4.45. The lowest BCUT2D eigenvalue weighted by Gasteiger charge is -2.12. The lowest BCUT2D eigenvalue weighted by molar-refractivity contribution is 0.413. The molecule has 0 bridgehead atoms. The molecule has 0 aliphatic heterocycles. The average Bonchev–Trinajstić information content (AvgIpc) is 3.11. The number of hydrogen-bond acceptors (Lipinski definition) is 1. The van der Waals surface area contributed by atoms with Gasteiger partial charge in [-0.2, -0.15) is 0 Å². The van der Waals surface area contributed by atoms with Crippen LogP contribution in [0.1, 0.15) is 0 Å². The third-order valence-corrected chi connectivity index (χ3v) is 2.95. The Bertz CT molecular complexity index is 625. The molecule has 0 fully saturated rings. The van der Waals surface area contributed by atoms with Crippen LogP contribution in [-0.2, 0) is 0 Å². The summed E-state index contributed by atoms with van der Waals surface area (Å²) in [7, 11) is 1.69. The molecule has 0 spiro atoms. The van der Waals surface area contributed by atoms with E-state index in [0.29, 0.717) is 0 Å². The predicted molar refractivity (Wildman–Crippen MR) is 71.6 cm³/mol. The number of nitrogens with zero attached hydrogens (tertiary/aromatic N) is 2. The molecule has 0 aliphatic rings. The fourth-order valence-corrected chi connectivity index (χ4v) is 2.04. The maximum absolute atomic E-state index is 5.41. The first-order valence-corrected chi connectivity index (χ1v) is 5.83. The largest absolute Gasteiger partial charge is 0.495 e. The Morgan fingerprint density at radius 3 is 2.06 bits per heavy atom. The third kappa shape index (κ3) is 1.80. The average molecular weight is 238 g/mol. The number of methoxy groups -OCH3 is 1. The highest BCUT2D eigenvalue weighted by molar-refractivity contribution is 5.54. The highest BCUT2D eigenvalue weighted by Gasteiger charge is 2.06. The van der Waals surface area contributed by atoms with Crippen molar-refractivity contribution in [3.05, 3.63) is 67.3 Å². The molecule has 2 aromatic heterocycles. The number of hydrogen-bond donors (Lipinski definition) is 0. The Labute approximate surface area is 106 Å². The molecule has 0 radical (unpaired) electrons. The van der Waals surface area contributed by atoms with Crippen molar-refractivity contribution in [2.75, 3.05) is 7.11 Å². The molecule has 1 aromatic carbocycles. The van der Waals surface area contributed by atoms with Crippen molar-refractivity contribution in [2.24, 2.45) is 0 Å². The molecule has 0 saturated carbocycles. The lowest BCUT2D eigenvalue weighted by atomic mass is 10.2. The van der Waals surface area contributed by atoms with Crippen LogP contribution < -0.4 is 4.74 Å². The fourth-order valence-electron chi connectivity index (χ4n) is 2.04. The first-order chi connectivity index (χ1) is 8.88. The summed E-state index contributed by atoms with van der Waals surface area (Å²) in [6.07, 6.45) is 8.08. The van der Waals surface area contributed by atoms with Gasteiger partial charge in [0.25, 0.3) is 0 Å². The van der Waals surface area contributed by atoms with Crippen molar-refractivity contribution in [3.63, 3.8) is 0 Å². The Morgan fingerprint density at radius 2 is 1.44 bits per heavy atom. The SMILES string of the molecule is COc1ccc(-n2cccc2)cc1-n1cccc1. The van der Waals surface area contributed by atoms with Gasteiger partial charge in [0.1, 0.15) is 5.75 Å². The standard InChI is InChI=1S/C15H14N2O/c1-18-15-7-6-13(16-8-2-3-9-16)12-14(15)17-10-4-5-11-17/h2-12H,1H3. The van der Waals surface area contributed by atoms with Crippen LogP contribution in [0.25, 0.3) is 11.4 Å². The molecule has 18 heavy (non-hydrogen) atoms. The first-order valence-electron chi connectivity index (χ1n) is 5.83. The molecule has 3 rings (SSSR count). The van der Waals surface area contributed by atoms with Crippen LogP contribution in [0.3, 0.4) is 0 Å². The number of benzene rings is 1. The van der Waals surface area contributed by atoms with E-state index in [2.05, 4.69) is 10.6 Å². The van der Waals surface area contributed by atoms with E-state index in [9.17, 15) is 0 Å². The molecule has 0 aliphatic carbocycles. The lowest BCUT2D eigenvalue weighted by Crippen LogP contribution is -1.98. The van der Waals surface area contributed by atoms with Gasteiger partial charge in [0, 0.05) is 30.5 Å². The van der Waals surface area contributed by atoms with E-state index >= 15 is 0 Å². The van der Waals surface area contributed by atoms with Gasteiger partial charge in [-0.3, -0.25) is 0 Å². The summed E-state index contributed by atoms with van der Waals surface area (Å²) in [6.45, 7) is 0. The second-order valence-electron chi connectivity index (χ2n) is 4.04. The van der Waals surface area contributed by atoms with Gasteiger partial charge in [0.05, 0.1) is 12.8 Å². The Hall–Kier alpha value is -2.42. The summed E-state index contributed by atoms with van der Waals surface area (Å²) in [5.74, 6) is 0.863. The van der Waals surface area contributed by atoms with Crippen molar-refractivity contribution in [1.82, 2.24) is 9.13 Å². The van der Waals surface area contributed by atoms with Crippen molar-refractivity contribution in [3.8, 4) is 17.1 Å². The van der Waals surface area contributed by atoms with E-state index in [4.69, 9.17) is 4.74 Å². The quantitative estimate of drug-likeness (QED) is 0.685. The zero-order valence-electron chi connectivity index (χ0n) is 10.2. The van der Waals surface area contributed by atoms with E-state index in [-0.39, 0.29) is 0 Å². The molecule has 0 atom stereocenters. The van der Waals surface area contributed by atoms with Gasteiger partial charge in [-0.1, -0.05) is 0 Å². The summed E-state index contributed by atoms with van der Waals surface area (Å²) < 4.78 is 9.53. The molecule has 2 heterocycles. The van der Waals surface area contributed by atoms with Crippen molar-refractivity contribution in [1.29, 1.82) is 0 Å². The Kier molecular flexibility index (Phi) is 2.65. The van der Waals surface area contributed by atoms with E-state index in [0.717, 1.165) is 17.1 Å². The molecule has 90 valence electrons. The summed E-state index contributed by atoms with van der Waals surface area (Å²) in [4.78, 5) is 0. The topological polar surface area (TPSA) is 19.1 Å². The molecule has 0 N–H and O–H groups in total. The summed E-state index contributed by atoms with van der Waals surface area (Å²) in [5.41, 5.74) is 2.15. The first kappa shape index (κ1) is 10.7. The zero-order chi connectivity index (χ0) is 12.4. The second-order valence-corrected chi connectivity index (χ2v) is 4.04. The van der Waals surface area contributed by atoms with Crippen LogP contribution in [-0.4, -0.2) is 16.2 Å². The van der Waals surface area contributed by atoms with Crippen LogP contribution in [0.15, 0.2) is 67.3 Å². The van der Waals surface area contributed by atoms with Crippen molar-refractivity contribution < 1.29 is 4.74 Å². The maximum atomic E-state index is 5.41. The summed E-state index contributed by atoms with van der Waals surface area (Å²) in [6, 6.07) is 14.2. The molecule has 0 saturated heterocycles. The van der Waals surface area contributed by atoms with Gasteiger partial charge in [-0.15, -0.1) is 0 Å².